The minimum absolute atomic E-state index is 0.0188. The molecule has 0 aromatic heterocycles. The predicted molar refractivity (Wildman–Crippen MR) is 93.3 cm³/mol. The van der Waals surface area contributed by atoms with Gasteiger partial charge < -0.3 is 9.47 Å². The molecule has 5 heteroatoms. The van der Waals surface area contributed by atoms with Crippen LogP contribution >= 0.6 is 0 Å². The molecule has 1 aromatic carbocycles. The van der Waals surface area contributed by atoms with Gasteiger partial charge in [-0.1, -0.05) is 44.2 Å². The zero-order chi connectivity index (χ0) is 18.2. The van der Waals surface area contributed by atoms with Gasteiger partial charge >= 0.3 is 11.9 Å². The van der Waals surface area contributed by atoms with Crippen LogP contribution in [0.25, 0.3) is 0 Å². The van der Waals surface area contributed by atoms with Crippen molar-refractivity contribution in [1.82, 2.24) is 5.32 Å². The van der Waals surface area contributed by atoms with Gasteiger partial charge in [0.05, 0.1) is 6.54 Å². The second-order valence-electron chi connectivity index (χ2n) is 7.24. The Morgan fingerprint density at radius 2 is 1.75 bits per heavy atom. The number of hydrogen-bond acceptors (Lipinski definition) is 5. The monoisotopic (exact) mass is 335 g/mol. The van der Waals surface area contributed by atoms with Gasteiger partial charge in [-0.05, 0) is 38.7 Å². The highest BCUT2D eigenvalue weighted by Crippen LogP contribution is 2.10. The van der Waals surface area contributed by atoms with Gasteiger partial charge in [-0.3, -0.25) is 14.9 Å². The van der Waals surface area contributed by atoms with Gasteiger partial charge in [0.25, 0.3) is 0 Å². The Morgan fingerprint density at radius 1 is 1.12 bits per heavy atom. The molecule has 0 aliphatic rings. The highest BCUT2D eigenvalue weighted by Gasteiger charge is 2.23. The van der Waals surface area contributed by atoms with E-state index in [1.54, 1.807) is 0 Å². The summed E-state index contributed by atoms with van der Waals surface area (Å²) in [6.45, 7) is 9.68. The summed E-state index contributed by atoms with van der Waals surface area (Å²) in [4.78, 5) is 24.1. The molecule has 1 atom stereocenters. The van der Waals surface area contributed by atoms with Crippen LogP contribution < -0.4 is 5.32 Å². The Labute approximate surface area is 144 Å². The van der Waals surface area contributed by atoms with Crippen molar-refractivity contribution in [2.75, 3.05) is 6.54 Å². The largest absolute Gasteiger partial charge is 0.460 e. The fraction of sp³-hybridized carbons (Fsp3) is 0.579. The summed E-state index contributed by atoms with van der Waals surface area (Å²) in [5.74, 6) is -0.436. The lowest BCUT2D eigenvalue weighted by Crippen LogP contribution is -2.43. The summed E-state index contributed by atoms with van der Waals surface area (Å²) in [5, 5.41) is 2.96. The normalized spacial score (nSPS) is 12.8. The highest BCUT2D eigenvalue weighted by molar-refractivity contribution is 5.78. The summed E-state index contributed by atoms with van der Waals surface area (Å²) in [6.07, 6.45) is 0.594. The molecule has 24 heavy (non-hydrogen) atoms. The molecule has 0 fully saturated rings. The molecule has 0 amide bonds. The van der Waals surface area contributed by atoms with Crippen LogP contribution in [-0.4, -0.2) is 30.1 Å². The second kappa shape index (κ2) is 9.42. The molecule has 5 nitrogen and oxygen atoms in total. The molecule has 0 saturated heterocycles. The zero-order valence-electron chi connectivity index (χ0n) is 15.3. The standard InChI is InChI=1S/C19H29NO4/c1-14(2)11-16(20-12-17(21)24-19(3,4)5)18(22)23-13-15-9-7-6-8-10-15/h6-10,14,16,20H,11-13H2,1-5H3/t16-/m1/s1. The predicted octanol–water partition coefficient (Wildman–Crippen LogP) is 3.08. The maximum atomic E-state index is 12.3. The maximum Gasteiger partial charge on any atom is 0.323 e. The Morgan fingerprint density at radius 3 is 2.29 bits per heavy atom. The summed E-state index contributed by atoms with van der Waals surface area (Å²) in [5.41, 5.74) is 0.390. The quantitative estimate of drug-likeness (QED) is 0.740. The molecule has 0 spiro atoms. The first-order valence-electron chi connectivity index (χ1n) is 8.33. The Kier molecular flexibility index (Phi) is 7.92. The molecule has 0 aliphatic heterocycles. The first kappa shape index (κ1) is 20.2. The average molecular weight is 335 g/mol. The first-order chi connectivity index (χ1) is 11.2. The maximum absolute atomic E-state index is 12.3. The van der Waals surface area contributed by atoms with Gasteiger partial charge in [0.2, 0.25) is 0 Å². The van der Waals surface area contributed by atoms with Gasteiger partial charge in [-0.25, -0.2) is 0 Å². The van der Waals surface area contributed by atoms with Crippen LogP contribution in [0.1, 0.15) is 46.6 Å². The van der Waals surface area contributed by atoms with E-state index in [1.165, 1.54) is 0 Å². The summed E-state index contributed by atoms with van der Waals surface area (Å²) >= 11 is 0. The third kappa shape index (κ3) is 8.67. The molecule has 0 heterocycles. The summed E-state index contributed by atoms with van der Waals surface area (Å²) < 4.78 is 10.6. The molecular weight excluding hydrogens is 306 g/mol. The SMILES string of the molecule is CC(C)C[C@@H](NCC(=O)OC(C)(C)C)C(=O)OCc1ccccc1. The van der Waals surface area contributed by atoms with Crippen LogP contribution in [0.15, 0.2) is 30.3 Å². The molecule has 1 N–H and O–H groups in total. The third-order valence-corrected chi connectivity index (χ3v) is 3.13. The molecule has 134 valence electrons. The first-order valence-corrected chi connectivity index (χ1v) is 8.33. The van der Waals surface area contributed by atoms with E-state index in [2.05, 4.69) is 5.32 Å². The van der Waals surface area contributed by atoms with Crippen LogP contribution in [-0.2, 0) is 25.7 Å². The van der Waals surface area contributed by atoms with Crippen molar-refractivity contribution >= 4 is 11.9 Å². The highest BCUT2D eigenvalue weighted by atomic mass is 16.6. The number of rotatable bonds is 8. The van der Waals surface area contributed by atoms with E-state index in [1.807, 2.05) is 65.0 Å². The third-order valence-electron chi connectivity index (χ3n) is 3.13. The molecule has 0 aliphatic carbocycles. The Hall–Kier alpha value is -1.88. The van der Waals surface area contributed by atoms with Gasteiger partial charge in [-0.15, -0.1) is 0 Å². The van der Waals surface area contributed by atoms with Crippen molar-refractivity contribution in [2.24, 2.45) is 5.92 Å². The van der Waals surface area contributed by atoms with E-state index < -0.39 is 11.6 Å². The van der Waals surface area contributed by atoms with Gasteiger partial charge in [0.1, 0.15) is 18.2 Å². The van der Waals surface area contributed by atoms with Crippen LogP contribution in [0.2, 0.25) is 0 Å². The van der Waals surface area contributed by atoms with Gasteiger partial charge in [0, 0.05) is 0 Å². The van der Waals surface area contributed by atoms with Crippen molar-refractivity contribution in [3.63, 3.8) is 0 Å². The molecule has 0 radical (unpaired) electrons. The number of carbonyl (C=O) groups is 2. The molecule has 0 saturated carbocycles. The van der Waals surface area contributed by atoms with Crippen molar-refractivity contribution in [1.29, 1.82) is 0 Å². The van der Waals surface area contributed by atoms with Crippen LogP contribution in [0, 0.1) is 5.92 Å². The van der Waals surface area contributed by atoms with E-state index in [9.17, 15) is 9.59 Å². The van der Waals surface area contributed by atoms with Crippen molar-refractivity contribution in [3.8, 4) is 0 Å². The Balaban J connectivity index is 2.54. The number of esters is 2. The van der Waals surface area contributed by atoms with E-state index in [-0.39, 0.29) is 25.1 Å². The fourth-order valence-corrected chi connectivity index (χ4v) is 2.15. The number of carbonyl (C=O) groups excluding carboxylic acids is 2. The van der Waals surface area contributed by atoms with Crippen molar-refractivity contribution < 1.29 is 19.1 Å². The van der Waals surface area contributed by atoms with E-state index in [0.29, 0.717) is 12.3 Å². The number of hydrogen-bond donors (Lipinski definition) is 1. The molecule has 0 bridgehead atoms. The van der Waals surface area contributed by atoms with E-state index in [0.717, 1.165) is 5.56 Å². The zero-order valence-corrected chi connectivity index (χ0v) is 15.3. The molecular formula is C19H29NO4. The fourth-order valence-electron chi connectivity index (χ4n) is 2.15. The van der Waals surface area contributed by atoms with Crippen molar-refractivity contribution in [2.45, 2.75) is 59.3 Å². The van der Waals surface area contributed by atoms with Crippen LogP contribution in [0.4, 0.5) is 0 Å². The van der Waals surface area contributed by atoms with Crippen LogP contribution in [0.5, 0.6) is 0 Å². The number of ether oxygens (including phenoxy) is 2. The Bertz CT molecular complexity index is 520. The minimum Gasteiger partial charge on any atom is -0.460 e. The lowest BCUT2D eigenvalue weighted by Gasteiger charge is -2.22. The summed E-state index contributed by atoms with van der Waals surface area (Å²) in [7, 11) is 0. The van der Waals surface area contributed by atoms with E-state index >= 15 is 0 Å². The molecule has 1 aromatic rings. The lowest BCUT2D eigenvalue weighted by molar-refractivity contribution is -0.154. The lowest BCUT2D eigenvalue weighted by atomic mass is 10.0. The molecule has 1 rings (SSSR count). The number of nitrogens with one attached hydrogen (secondary N) is 1. The number of benzene rings is 1. The summed E-state index contributed by atoms with van der Waals surface area (Å²) in [6, 6.07) is 8.99. The smallest absolute Gasteiger partial charge is 0.323 e. The minimum atomic E-state index is -0.542. The van der Waals surface area contributed by atoms with Gasteiger partial charge in [-0.2, -0.15) is 0 Å². The average Bonchev–Trinajstić information content (AvgIpc) is 2.48. The molecule has 0 unspecified atom stereocenters. The topological polar surface area (TPSA) is 64.6 Å². The van der Waals surface area contributed by atoms with Crippen molar-refractivity contribution in [3.05, 3.63) is 35.9 Å². The second-order valence-corrected chi connectivity index (χ2v) is 7.24. The van der Waals surface area contributed by atoms with Gasteiger partial charge in [0.15, 0.2) is 0 Å². The van der Waals surface area contributed by atoms with E-state index in [4.69, 9.17) is 9.47 Å². The van der Waals surface area contributed by atoms with Crippen LogP contribution in [0.3, 0.4) is 0 Å².